The number of aryl methyl sites for hydroxylation is 1. The third kappa shape index (κ3) is 2.40. The van der Waals surface area contributed by atoms with Crippen LogP contribution < -0.4 is 5.32 Å². The van der Waals surface area contributed by atoms with E-state index in [4.69, 9.17) is 16.0 Å². The van der Waals surface area contributed by atoms with E-state index in [0.717, 1.165) is 24.8 Å². The van der Waals surface area contributed by atoms with Crippen LogP contribution in [0.15, 0.2) is 16.7 Å². The maximum Gasteiger partial charge on any atom is 0.287 e. The first-order chi connectivity index (χ1) is 7.68. The lowest BCUT2D eigenvalue weighted by atomic mass is 10.1. The van der Waals surface area contributed by atoms with Gasteiger partial charge in [-0.05, 0) is 31.7 Å². The number of nitrogens with one attached hydrogen (secondary N) is 1. The summed E-state index contributed by atoms with van der Waals surface area (Å²) in [7, 11) is 0. The fraction of sp³-hybridized carbons (Fsp3) is 0.583. The standard InChI is InChI=1S/C12H16ClNO2/c1-8-5-6-16-11(8)12(15)14-7-9-3-2-4-10(9)13/h5-6,9-10H,2-4,7H2,1H3,(H,14,15). The molecule has 1 aliphatic rings. The molecule has 4 heteroatoms. The summed E-state index contributed by atoms with van der Waals surface area (Å²) in [6.07, 6.45) is 4.85. The van der Waals surface area contributed by atoms with Crippen molar-refractivity contribution in [2.24, 2.45) is 5.92 Å². The third-order valence-electron chi connectivity index (χ3n) is 3.16. The number of amides is 1. The van der Waals surface area contributed by atoms with Gasteiger partial charge in [0.2, 0.25) is 0 Å². The summed E-state index contributed by atoms with van der Waals surface area (Å²) >= 11 is 6.14. The molecule has 1 fully saturated rings. The van der Waals surface area contributed by atoms with Crippen LogP contribution in [0.3, 0.4) is 0 Å². The number of carbonyl (C=O) groups is 1. The largest absolute Gasteiger partial charge is 0.459 e. The lowest BCUT2D eigenvalue weighted by molar-refractivity contribution is 0.0919. The van der Waals surface area contributed by atoms with Crippen molar-refractivity contribution in [1.29, 1.82) is 0 Å². The van der Waals surface area contributed by atoms with Gasteiger partial charge >= 0.3 is 0 Å². The van der Waals surface area contributed by atoms with Crippen molar-refractivity contribution in [3.8, 4) is 0 Å². The average Bonchev–Trinajstić information content (AvgIpc) is 2.84. The highest BCUT2D eigenvalue weighted by Gasteiger charge is 2.26. The monoisotopic (exact) mass is 241 g/mol. The minimum absolute atomic E-state index is 0.140. The zero-order chi connectivity index (χ0) is 11.5. The number of alkyl halides is 1. The van der Waals surface area contributed by atoms with Gasteiger partial charge in [-0.25, -0.2) is 0 Å². The number of carbonyl (C=O) groups excluding carboxylic acids is 1. The molecule has 1 N–H and O–H groups in total. The molecule has 0 bridgehead atoms. The second-order valence-electron chi connectivity index (χ2n) is 4.35. The van der Waals surface area contributed by atoms with Crippen LogP contribution in [0.1, 0.15) is 35.4 Å². The molecule has 0 radical (unpaired) electrons. The number of halogens is 1. The van der Waals surface area contributed by atoms with Gasteiger partial charge in [0, 0.05) is 17.5 Å². The molecule has 1 heterocycles. The molecule has 16 heavy (non-hydrogen) atoms. The maximum atomic E-state index is 11.7. The SMILES string of the molecule is Cc1ccoc1C(=O)NCC1CCCC1Cl. The van der Waals surface area contributed by atoms with Gasteiger partial charge in [-0.3, -0.25) is 4.79 Å². The summed E-state index contributed by atoms with van der Waals surface area (Å²) in [6.45, 7) is 2.51. The van der Waals surface area contributed by atoms with Crippen LogP contribution >= 0.6 is 11.6 Å². The fourth-order valence-electron chi connectivity index (χ4n) is 2.13. The van der Waals surface area contributed by atoms with E-state index in [9.17, 15) is 4.79 Å². The molecule has 2 rings (SSSR count). The van der Waals surface area contributed by atoms with Crippen molar-refractivity contribution >= 4 is 17.5 Å². The van der Waals surface area contributed by atoms with E-state index in [1.54, 1.807) is 6.07 Å². The van der Waals surface area contributed by atoms with E-state index in [0.29, 0.717) is 18.2 Å². The lowest BCUT2D eigenvalue weighted by Crippen LogP contribution is -2.31. The second-order valence-corrected chi connectivity index (χ2v) is 4.91. The van der Waals surface area contributed by atoms with Crippen LogP contribution in [0, 0.1) is 12.8 Å². The minimum atomic E-state index is -0.140. The zero-order valence-corrected chi connectivity index (χ0v) is 10.1. The van der Waals surface area contributed by atoms with Crippen LogP contribution in [0.4, 0.5) is 0 Å². The molecule has 1 saturated carbocycles. The Balaban J connectivity index is 1.86. The number of hydrogen-bond acceptors (Lipinski definition) is 2. The molecule has 3 nitrogen and oxygen atoms in total. The smallest absolute Gasteiger partial charge is 0.287 e. The molecule has 2 atom stereocenters. The molecule has 1 amide bonds. The Bertz CT molecular complexity index is 375. The Hall–Kier alpha value is -0.960. The average molecular weight is 242 g/mol. The van der Waals surface area contributed by atoms with Gasteiger partial charge in [0.25, 0.3) is 5.91 Å². The van der Waals surface area contributed by atoms with Crippen LogP contribution in [-0.4, -0.2) is 17.8 Å². The van der Waals surface area contributed by atoms with Crippen molar-refractivity contribution in [2.75, 3.05) is 6.54 Å². The molecule has 0 aromatic carbocycles. The first-order valence-corrected chi connectivity index (χ1v) is 6.08. The Kier molecular flexibility index (Phi) is 3.54. The quantitative estimate of drug-likeness (QED) is 0.827. The van der Waals surface area contributed by atoms with E-state index >= 15 is 0 Å². The van der Waals surface area contributed by atoms with Crippen molar-refractivity contribution in [3.63, 3.8) is 0 Å². The van der Waals surface area contributed by atoms with Gasteiger partial charge in [0.15, 0.2) is 5.76 Å². The summed E-state index contributed by atoms with van der Waals surface area (Å²) in [5, 5.41) is 3.09. The van der Waals surface area contributed by atoms with E-state index in [-0.39, 0.29) is 11.3 Å². The molecule has 0 saturated heterocycles. The second kappa shape index (κ2) is 4.91. The van der Waals surface area contributed by atoms with Gasteiger partial charge in [-0.15, -0.1) is 11.6 Å². The topological polar surface area (TPSA) is 42.2 Å². The summed E-state index contributed by atoms with van der Waals surface area (Å²) in [5.41, 5.74) is 0.867. The lowest BCUT2D eigenvalue weighted by Gasteiger charge is -2.13. The Morgan fingerprint density at radius 2 is 2.44 bits per heavy atom. The Labute approximate surface area is 100 Å². The van der Waals surface area contributed by atoms with Crippen LogP contribution in [0.5, 0.6) is 0 Å². The van der Waals surface area contributed by atoms with E-state index < -0.39 is 0 Å². The number of hydrogen-bond donors (Lipinski definition) is 1. The molecule has 1 aromatic rings. The summed E-state index contributed by atoms with van der Waals surface area (Å²) < 4.78 is 5.12. The summed E-state index contributed by atoms with van der Waals surface area (Å²) in [4.78, 5) is 11.7. The van der Waals surface area contributed by atoms with Crippen LogP contribution in [0.25, 0.3) is 0 Å². The molecule has 1 aliphatic carbocycles. The van der Waals surface area contributed by atoms with Gasteiger partial charge in [-0.2, -0.15) is 0 Å². The van der Waals surface area contributed by atoms with E-state index in [1.165, 1.54) is 6.26 Å². The number of rotatable bonds is 3. The summed E-state index contributed by atoms with van der Waals surface area (Å²) in [5.74, 6) is 0.670. The van der Waals surface area contributed by atoms with Crippen LogP contribution in [-0.2, 0) is 0 Å². The van der Waals surface area contributed by atoms with Gasteiger partial charge < -0.3 is 9.73 Å². The molecule has 0 aliphatic heterocycles. The molecule has 0 spiro atoms. The zero-order valence-electron chi connectivity index (χ0n) is 9.33. The van der Waals surface area contributed by atoms with E-state index in [2.05, 4.69) is 5.32 Å². The highest BCUT2D eigenvalue weighted by atomic mass is 35.5. The van der Waals surface area contributed by atoms with Crippen molar-refractivity contribution < 1.29 is 9.21 Å². The highest BCUT2D eigenvalue weighted by Crippen LogP contribution is 2.29. The molecular weight excluding hydrogens is 226 g/mol. The van der Waals surface area contributed by atoms with Crippen molar-refractivity contribution in [2.45, 2.75) is 31.6 Å². The molecular formula is C12H16ClNO2. The minimum Gasteiger partial charge on any atom is -0.459 e. The summed E-state index contributed by atoms with van der Waals surface area (Å²) in [6, 6.07) is 1.79. The molecule has 88 valence electrons. The Morgan fingerprint density at radius 1 is 1.62 bits per heavy atom. The Morgan fingerprint density at radius 3 is 3.00 bits per heavy atom. The predicted octanol–water partition coefficient (Wildman–Crippen LogP) is 2.73. The van der Waals surface area contributed by atoms with E-state index in [1.807, 2.05) is 6.92 Å². The number of furan rings is 1. The van der Waals surface area contributed by atoms with Gasteiger partial charge in [0.1, 0.15) is 0 Å². The third-order valence-corrected chi connectivity index (χ3v) is 3.73. The van der Waals surface area contributed by atoms with Gasteiger partial charge in [-0.1, -0.05) is 6.42 Å². The predicted molar refractivity (Wildman–Crippen MR) is 62.8 cm³/mol. The maximum absolute atomic E-state index is 11.7. The molecule has 2 unspecified atom stereocenters. The first kappa shape index (κ1) is 11.5. The van der Waals surface area contributed by atoms with Crippen molar-refractivity contribution in [1.82, 2.24) is 5.32 Å². The normalized spacial score (nSPS) is 24.6. The van der Waals surface area contributed by atoms with Crippen LogP contribution in [0.2, 0.25) is 0 Å². The molecule has 1 aromatic heterocycles. The van der Waals surface area contributed by atoms with Gasteiger partial charge in [0.05, 0.1) is 6.26 Å². The van der Waals surface area contributed by atoms with Crippen molar-refractivity contribution in [3.05, 3.63) is 23.7 Å². The fourth-order valence-corrected chi connectivity index (χ4v) is 2.50. The highest BCUT2D eigenvalue weighted by molar-refractivity contribution is 6.21. The first-order valence-electron chi connectivity index (χ1n) is 5.65.